The number of carbonyl (C=O) groups excluding carboxylic acids is 1. The Bertz CT molecular complexity index is 294. The molecule has 1 unspecified atom stereocenters. The molecule has 1 heterocycles. The van der Waals surface area contributed by atoms with Gasteiger partial charge in [-0.3, -0.25) is 9.78 Å². The Morgan fingerprint density at radius 1 is 1.69 bits per heavy atom. The first-order chi connectivity index (χ1) is 6.13. The third-order valence-corrected chi connectivity index (χ3v) is 2.12. The van der Waals surface area contributed by atoms with Gasteiger partial charge in [0.2, 0.25) is 5.12 Å². The van der Waals surface area contributed by atoms with Gasteiger partial charge in [-0.25, -0.2) is 0 Å². The number of halogens is 1. The van der Waals surface area contributed by atoms with Crippen molar-refractivity contribution in [3.8, 4) is 0 Å². The van der Waals surface area contributed by atoms with E-state index in [1.165, 1.54) is 0 Å². The van der Waals surface area contributed by atoms with Crippen LogP contribution in [-0.4, -0.2) is 13.9 Å². The Hall–Kier alpha value is -0.230. The van der Waals surface area contributed by atoms with Gasteiger partial charge in [-0.05, 0) is 23.4 Å². The molecule has 0 saturated carbocycles. The van der Waals surface area contributed by atoms with E-state index in [1.807, 2.05) is 0 Å². The zero-order valence-corrected chi connectivity index (χ0v) is 9.01. The first-order valence-corrected chi connectivity index (χ1v) is 4.58. The van der Waals surface area contributed by atoms with Crippen molar-refractivity contribution in [2.75, 3.05) is 0 Å². The van der Waals surface area contributed by atoms with Crippen molar-refractivity contribution in [2.45, 2.75) is 6.04 Å². The highest BCUT2D eigenvalue weighted by Gasteiger charge is 2.22. The first kappa shape index (κ1) is 10.8. The van der Waals surface area contributed by atoms with Gasteiger partial charge in [-0.15, -0.1) is 12.6 Å². The SMILES string of the molecule is O=C(S)C(c1cccnc1)N(S)Cl. The Labute approximate surface area is 92.2 Å². The summed E-state index contributed by atoms with van der Waals surface area (Å²) >= 11 is 13.1. The second kappa shape index (κ2) is 4.85. The Morgan fingerprint density at radius 3 is 2.77 bits per heavy atom. The monoisotopic (exact) mass is 234 g/mol. The maximum atomic E-state index is 11.0. The smallest absolute Gasteiger partial charge is 0.209 e. The maximum absolute atomic E-state index is 11.0. The van der Waals surface area contributed by atoms with Gasteiger partial charge in [-0.1, -0.05) is 18.9 Å². The molecule has 0 fully saturated rings. The number of rotatable bonds is 3. The number of aromatic nitrogens is 1. The second-order valence-corrected chi connectivity index (χ2v) is 3.79. The number of nitrogens with zero attached hydrogens (tertiary/aromatic N) is 2. The van der Waals surface area contributed by atoms with E-state index < -0.39 is 6.04 Å². The van der Waals surface area contributed by atoms with E-state index in [0.29, 0.717) is 5.56 Å². The first-order valence-electron chi connectivity index (χ1n) is 3.39. The predicted molar refractivity (Wildman–Crippen MR) is 57.6 cm³/mol. The van der Waals surface area contributed by atoms with Crippen LogP contribution in [0.4, 0.5) is 0 Å². The fraction of sp³-hybridized carbons (Fsp3) is 0.143. The van der Waals surface area contributed by atoms with Crippen LogP contribution in [0.15, 0.2) is 24.5 Å². The lowest BCUT2D eigenvalue weighted by Gasteiger charge is -2.16. The summed E-state index contributed by atoms with van der Waals surface area (Å²) in [5, 5.41) is -0.377. The molecule has 0 bridgehead atoms. The molecule has 1 aromatic heterocycles. The highest BCUT2D eigenvalue weighted by Crippen LogP contribution is 2.25. The zero-order chi connectivity index (χ0) is 9.84. The normalized spacial score (nSPS) is 12.9. The van der Waals surface area contributed by atoms with E-state index in [-0.39, 0.29) is 5.12 Å². The van der Waals surface area contributed by atoms with Crippen molar-refractivity contribution < 1.29 is 4.79 Å². The van der Waals surface area contributed by atoms with Gasteiger partial charge < -0.3 is 0 Å². The van der Waals surface area contributed by atoms with Gasteiger partial charge in [-0.2, -0.15) is 3.82 Å². The quantitative estimate of drug-likeness (QED) is 0.619. The van der Waals surface area contributed by atoms with E-state index in [9.17, 15) is 4.79 Å². The summed E-state index contributed by atoms with van der Waals surface area (Å²) in [5.41, 5.74) is 0.660. The molecule has 3 nitrogen and oxygen atoms in total. The molecule has 0 aromatic carbocycles. The third-order valence-electron chi connectivity index (χ3n) is 1.45. The minimum atomic E-state index is -0.679. The van der Waals surface area contributed by atoms with Gasteiger partial charge in [0.15, 0.2) is 0 Å². The molecular formula is C7H7ClN2OS2. The number of hydrogen-bond donors (Lipinski definition) is 2. The third kappa shape index (κ3) is 2.87. The molecule has 0 radical (unpaired) electrons. The molecule has 1 rings (SSSR count). The van der Waals surface area contributed by atoms with Gasteiger partial charge in [0, 0.05) is 12.4 Å². The summed E-state index contributed by atoms with van der Waals surface area (Å²) in [6.07, 6.45) is 3.16. The molecule has 70 valence electrons. The molecule has 0 amide bonds. The van der Waals surface area contributed by atoms with E-state index >= 15 is 0 Å². The molecule has 0 saturated heterocycles. The predicted octanol–water partition coefficient (Wildman–Crippen LogP) is 1.88. The van der Waals surface area contributed by atoms with Crippen LogP contribution < -0.4 is 0 Å². The van der Waals surface area contributed by atoms with E-state index in [2.05, 4.69) is 30.4 Å². The minimum absolute atomic E-state index is 0.377. The average molecular weight is 235 g/mol. The summed E-state index contributed by atoms with van der Waals surface area (Å²) in [6, 6.07) is 2.77. The van der Waals surface area contributed by atoms with Gasteiger partial charge >= 0.3 is 0 Å². The lowest BCUT2D eigenvalue weighted by Crippen LogP contribution is -2.16. The van der Waals surface area contributed by atoms with Crippen LogP contribution in [-0.2, 0) is 4.79 Å². The Balaban J connectivity index is 2.96. The van der Waals surface area contributed by atoms with Crippen LogP contribution in [0.1, 0.15) is 11.6 Å². The van der Waals surface area contributed by atoms with Gasteiger partial charge in [0.25, 0.3) is 0 Å². The molecule has 0 aliphatic rings. The Morgan fingerprint density at radius 2 is 2.38 bits per heavy atom. The number of thiol groups is 2. The maximum Gasteiger partial charge on any atom is 0.209 e. The molecule has 0 N–H and O–H groups in total. The summed E-state index contributed by atoms with van der Waals surface area (Å²) in [7, 11) is 0. The zero-order valence-electron chi connectivity index (χ0n) is 6.46. The lowest BCUT2D eigenvalue weighted by molar-refractivity contribution is -0.113. The van der Waals surface area contributed by atoms with Crippen molar-refractivity contribution in [3.63, 3.8) is 0 Å². The van der Waals surface area contributed by atoms with Crippen LogP contribution >= 0.6 is 37.2 Å². The fourth-order valence-corrected chi connectivity index (χ4v) is 1.76. The summed E-state index contributed by atoms with van der Waals surface area (Å²) in [5.74, 6) is 0. The standard InChI is InChI=1S/C7H7ClN2OS2/c8-10(13)6(7(11)12)5-2-1-3-9-4-5/h1-4,6,13H,(H,11,12). The summed E-state index contributed by atoms with van der Waals surface area (Å²) < 4.78 is 0.979. The van der Waals surface area contributed by atoms with Gasteiger partial charge in [0.1, 0.15) is 6.04 Å². The number of hydrogen-bond acceptors (Lipinski definition) is 4. The molecule has 0 aliphatic heterocycles. The second-order valence-electron chi connectivity index (χ2n) is 2.32. The largest absolute Gasteiger partial charge is 0.285 e. The van der Waals surface area contributed by atoms with Crippen LogP contribution in [0.3, 0.4) is 0 Å². The van der Waals surface area contributed by atoms with E-state index in [4.69, 9.17) is 11.8 Å². The average Bonchev–Trinajstić information content (AvgIpc) is 2.04. The van der Waals surface area contributed by atoms with Crippen LogP contribution in [0, 0.1) is 0 Å². The summed E-state index contributed by atoms with van der Waals surface area (Å²) in [4.78, 5) is 14.9. The van der Waals surface area contributed by atoms with Crippen molar-refractivity contribution >= 4 is 42.3 Å². The van der Waals surface area contributed by atoms with Gasteiger partial charge in [0.05, 0.1) is 0 Å². The number of pyridine rings is 1. The van der Waals surface area contributed by atoms with E-state index in [1.54, 1.807) is 24.5 Å². The van der Waals surface area contributed by atoms with Crippen molar-refractivity contribution in [1.82, 2.24) is 8.81 Å². The summed E-state index contributed by atoms with van der Waals surface area (Å²) in [6.45, 7) is 0. The highest BCUT2D eigenvalue weighted by atomic mass is 35.5. The molecule has 0 spiro atoms. The van der Waals surface area contributed by atoms with Crippen molar-refractivity contribution in [1.29, 1.82) is 0 Å². The van der Waals surface area contributed by atoms with Crippen LogP contribution in [0.25, 0.3) is 0 Å². The molecule has 6 heteroatoms. The van der Waals surface area contributed by atoms with Crippen molar-refractivity contribution in [2.24, 2.45) is 0 Å². The molecule has 13 heavy (non-hydrogen) atoms. The van der Waals surface area contributed by atoms with Crippen LogP contribution in [0.2, 0.25) is 0 Å². The molecule has 1 aromatic rings. The lowest BCUT2D eigenvalue weighted by atomic mass is 10.1. The van der Waals surface area contributed by atoms with E-state index in [0.717, 1.165) is 3.82 Å². The fourth-order valence-electron chi connectivity index (χ4n) is 0.894. The minimum Gasteiger partial charge on any atom is -0.285 e. The molecule has 1 atom stereocenters. The number of carbonyl (C=O) groups is 1. The van der Waals surface area contributed by atoms with Crippen molar-refractivity contribution in [3.05, 3.63) is 30.1 Å². The highest BCUT2D eigenvalue weighted by molar-refractivity contribution is 7.96. The van der Waals surface area contributed by atoms with Crippen LogP contribution in [0.5, 0.6) is 0 Å². The molecular weight excluding hydrogens is 228 g/mol. The topological polar surface area (TPSA) is 33.2 Å². The molecule has 0 aliphatic carbocycles. The Kier molecular flexibility index (Phi) is 4.05.